The summed E-state index contributed by atoms with van der Waals surface area (Å²) in [6, 6.07) is 56.7. The first-order valence-corrected chi connectivity index (χ1v) is 24.4. The highest BCUT2D eigenvalue weighted by Gasteiger charge is 2.36. The summed E-state index contributed by atoms with van der Waals surface area (Å²) in [6.45, 7) is 18.8. The SMILES string of the molecule is CC(C)(C)c1cc(-c2cccc(-c3ccc(N(c4ccc(-c5ccc(C6CCCCC6)cc5)cc4)c4ccc5c(c4)C(C)(C)c4ccccc4-5)c4c3CCCC4)c2)cc(C(C)(C)C)c1. The minimum Gasteiger partial charge on any atom is -0.310 e. The molecule has 0 N–H and O–H groups in total. The average molecular weight is 838 g/mol. The second-order valence-corrected chi connectivity index (χ2v) is 21.9. The van der Waals surface area contributed by atoms with Crippen molar-refractivity contribution in [1.29, 1.82) is 0 Å². The standard InChI is InChI=1S/C63H67N/c1-61(2,3)49-38-48(39-50(40-49)62(4,5)6)46-19-16-20-47(37-46)53-35-36-60(57-23-13-12-21-54(53)57)64(52-33-34-56-55-22-14-15-24-58(55)63(7,8)59(56)41-52)51-31-29-45(30-32-51)44-27-25-43(26-28-44)42-17-10-9-11-18-42/h14-16,19-20,22,24-42H,9-13,17-18,21,23H2,1-8H3. The summed E-state index contributed by atoms with van der Waals surface area (Å²) < 4.78 is 0. The van der Waals surface area contributed by atoms with Crippen molar-refractivity contribution in [3.05, 3.63) is 185 Å². The van der Waals surface area contributed by atoms with Crippen LogP contribution in [0.5, 0.6) is 0 Å². The number of anilines is 3. The quantitative estimate of drug-likeness (QED) is 0.155. The third-order valence-corrected chi connectivity index (χ3v) is 15.2. The van der Waals surface area contributed by atoms with Crippen LogP contribution in [0.2, 0.25) is 0 Å². The molecule has 3 aliphatic carbocycles. The van der Waals surface area contributed by atoms with Crippen LogP contribution < -0.4 is 4.90 Å². The van der Waals surface area contributed by atoms with E-state index < -0.39 is 0 Å². The topological polar surface area (TPSA) is 3.24 Å². The molecule has 324 valence electrons. The molecular formula is C63H67N. The summed E-state index contributed by atoms with van der Waals surface area (Å²) in [4.78, 5) is 2.58. The summed E-state index contributed by atoms with van der Waals surface area (Å²) in [5.41, 5.74) is 24.4. The molecule has 0 saturated heterocycles. The van der Waals surface area contributed by atoms with Gasteiger partial charge in [0.15, 0.2) is 0 Å². The van der Waals surface area contributed by atoms with Gasteiger partial charge in [-0.3, -0.25) is 0 Å². The molecule has 10 rings (SSSR count). The van der Waals surface area contributed by atoms with Gasteiger partial charge in [0.05, 0.1) is 0 Å². The second-order valence-electron chi connectivity index (χ2n) is 21.9. The number of rotatable bonds is 7. The van der Waals surface area contributed by atoms with Crippen molar-refractivity contribution in [3.8, 4) is 44.5 Å². The third kappa shape index (κ3) is 7.84. The lowest BCUT2D eigenvalue weighted by molar-refractivity contribution is 0.443. The average Bonchev–Trinajstić information content (AvgIpc) is 3.54. The van der Waals surface area contributed by atoms with Gasteiger partial charge < -0.3 is 4.90 Å². The highest BCUT2D eigenvalue weighted by molar-refractivity contribution is 5.88. The van der Waals surface area contributed by atoms with E-state index in [0.29, 0.717) is 0 Å². The van der Waals surface area contributed by atoms with Gasteiger partial charge in [0.25, 0.3) is 0 Å². The van der Waals surface area contributed by atoms with Crippen molar-refractivity contribution in [2.24, 2.45) is 0 Å². The maximum absolute atomic E-state index is 2.58. The molecule has 0 atom stereocenters. The summed E-state index contributed by atoms with van der Waals surface area (Å²) >= 11 is 0. The Kier molecular flexibility index (Phi) is 10.8. The predicted octanol–water partition coefficient (Wildman–Crippen LogP) is 18.0. The molecule has 0 aliphatic heterocycles. The molecule has 7 aromatic rings. The number of hydrogen-bond donors (Lipinski definition) is 0. The zero-order valence-corrected chi connectivity index (χ0v) is 39.7. The summed E-state index contributed by atoms with van der Waals surface area (Å²) in [7, 11) is 0. The molecule has 0 radical (unpaired) electrons. The molecule has 0 amide bonds. The lowest BCUT2D eigenvalue weighted by atomic mass is 9.78. The van der Waals surface area contributed by atoms with Crippen LogP contribution in [0.1, 0.15) is 145 Å². The highest BCUT2D eigenvalue weighted by Crippen LogP contribution is 2.52. The van der Waals surface area contributed by atoms with E-state index in [4.69, 9.17) is 0 Å². The van der Waals surface area contributed by atoms with Gasteiger partial charge in [0.2, 0.25) is 0 Å². The fourth-order valence-corrected chi connectivity index (χ4v) is 11.3. The largest absolute Gasteiger partial charge is 0.310 e. The minimum atomic E-state index is -0.0877. The van der Waals surface area contributed by atoms with Gasteiger partial charge in [0.1, 0.15) is 0 Å². The van der Waals surface area contributed by atoms with E-state index in [1.54, 1.807) is 0 Å². The van der Waals surface area contributed by atoms with Crippen LogP contribution >= 0.6 is 0 Å². The van der Waals surface area contributed by atoms with Gasteiger partial charge in [0, 0.05) is 22.5 Å². The number of benzene rings is 7. The van der Waals surface area contributed by atoms with Gasteiger partial charge in [-0.15, -0.1) is 0 Å². The first-order valence-electron chi connectivity index (χ1n) is 24.4. The van der Waals surface area contributed by atoms with Crippen LogP contribution in [0.3, 0.4) is 0 Å². The van der Waals surface area contributed by atoms with E-state index in [2.05, 4.69) is 206 Å². The van der Waals surface area contributed by atoms with E-state index in [-0.39, 0.29) is 16.2 Å². The Bertz CT molecular complexity index is 2800. The molecule has 1 saturated carbocycles. The van der Waals surface area contributed by atoms with Gasteiger partial charge in [-0.25, -0.2) is 0 Å². The lowest BCUT2D eigenvalue weighted by Crippen LogP contribution is -2.18. The minimum absolute atomic E-state index is 0.0625. The molecule has 0 unspecified atom stereocenters. The molecule has 1 nitrogen and oxygen atoms in total. The smallest absolute Gasteiger partial charge is 0.0496 e. The molecule has 0 aromatic heterocycles. The fourth-order valence-electron chi connectivity index (χ4n) is 11.3. The maximum atomic E-state index is 2.58. The van der Waals surface area contributed by atoms with E-state index in [9.17, 15) is 0 Å². The Morgan fingerprint density at radius 3 is 1.72 bits per heavy atom. The molecule has 7 aromatic carbocycles. The molecule has 0 heterocycles. The summed E-state index contributed by atoms with van der Waals surface area (Å²) in [5.74, 6) is 0.720. The molecular weight excluding hydrogens is 771 g/mol. The van der Waals surface area contributed by atoms with Crippen LogP contribution in [0.4, 0.5) is 17.1 Å². The molecule has 1 heteroatoms. The van der Waals surface area contributed by atoms with Gasteiger partial charge in [-0.05, 0) is 175 Å². The van der Waals surface area contributed by atoms with Crippen LogP contribution in [0, 0.1) is 0 Å². The van der Waals surface area contributed by atoms with Crippen LogP contribution in [-0.4, -0.2) is 0 Å². The van der Waals surface area contributed by atoms with Crippen molar-refractivity contribution in [2.45, 2.75) is 135 Å². The molecule has 0 spiro atoms. The van der Waals surface area contributed by atoms with Gasteiger partial charge in [-0.2, -0.15) is 0 Å². The van der Waals surface area contributed by atoms with Crippen LogP contribution in [0.25, 0.3) is 44.5 Å². The Morgan fingerprint density at radius 2 is 1.03 bits per heavy atom. The fraction of sp³-hybridized carbons (Fsp3) is 0.333. The number of fused-ring (bicyclic) bond motifs is 4. The molecule has 0 bridgehead atoms. The number of hydrogen-bond acceptors (Lipinski definition) is 1. The zero-order valence-electron chi connectivity index (χ0n) is 39.7. The van der Waals surface area contributed by atoms with E-state index in [0.717, 1.165) is 18.8 Å². The Morgan fingerprint density at radius 1 is 0.438 bits per heavy atom. The predicted molar refractivity (Wildman–Crippen MR) is 275 cm³/mol. The molecule has 3 aliphatic rings. The highest BCUT2D eigenvalue weighted by atomic mass is 15.1. The lowest BCUT2D eigenvalue weighted by Gasteiger charge is -2.32. The number of nitrogens with zero attached hydrogens (tertiary/aromatic N) is 1. The van der Waals surface area contributed by atoms with E-state index >= 15 is 0 Å². The van der Waals surface area contributed by atoms with Crippen molar-refractivity contribution in [1.82, 2.24) is 0 Å². The van der Waals surface area contributed by atoms with Crippen LogP contribution in [0.15, 0.2) is 146 Å². The van der Waals surface area contributed by atoms with E-state index in [1.807, 2.05) is 0 Å². The monoisotopic (exact) mass is 838 g/mol. The van der Waals surface area contributed by atoms with Crippen molar-refractivity contribution < 1.29 is 0 Å². The zero-order chi connectivity index (χ0) is 44.4. The second kappa shape index (κ2) is 16.4. The van der Waals surface area contributed by atoms with Gasteiger partial charge in [-0.1, -0.05) is 184 Å². The normalized spacial score (nSPS) is 15.9. The Labute approximate surface area is 384 Å². The van der Waals surface area contributed by atoms with Crippen molar-refractivity contribution >= 4 is 17.1 Å². The van der Waals surface area contributed by atoms with Crippen molar-refractivity contribution in [3.63, 3.8) is 0 Å². The van der Waals surface area contributed by atoms with Crippen LogP contribution in [-0.2, 0) is 29.1 Å². The first kappa shape index (κ1) is 42.3. The van der Waals surface area contributed by atoms with E-state index in [1.165, 1.54) is 145 Å². The first-order chi connectivity index (χ1) is 30.7. The maximum Gasteiger partial charge on any atom is 0.0496 e. The summed E-state index contributed by atoms with van der Waals surface area (Å²) in [6.07, 6.45) is 11.4. The Hall–Kier alpha value is -5.66. The molecule has 64 heavy (non-hydrogen) atoms. The summed E-state index contributed by atoms with van der Waals surface area (Å²) in [5, 5.41) is 0. The third-order valence-electron chi connectivity index (χ3n) is 15.2. The van der Waals surface area contributed by atoms with Crippen molar-refractivity contribution in [2.75, 3.05) is 4.90 Å². The Balaban J connectivity index is 1.07. The van der Waals surface area contributed by atoms with Gasteiger partial charge >= 0.3 is 0 Å². The molecule has 1 fully saturated rings.